The molecule has 0 unspecified atom stereocenters. The number of hydrogen-bond acceptors (Lipinski definition) is 3. The number of aryl methyl sites for hydroxylation is 1. The molecule has 0 saturated heterocycles. The van der Waals surface area contributed by atoms with E-state index in [2.05, 4.69) is 18.4 Å². The summed E-state index contributed by atoms with van der Waals surface area (Å²) >= 11 is 0. The maximum absolute atomic E-state index is 12.8. The van der Waals surface area contributed by atoms with Crippen LogP contribution in [0, 0.1) is 18.8 Å². The van der Waals surface area contributed by atoms with Gasteiger partial charge in [0, 0.05) is 12.1 Å². The molecule has 0 bridgehead atoms. The number of benzene rings is 2. The van der Waals surface area contributed by atoms with Crippen molar-refractivity contribution in [1.29, 1.82) is 0 Å². The minimum absolute atomic E-state index is 0.0828. The summed E-state index contributed by atoms with van der Waals surface area (Å²) in [4.78, 5) is 0.253. The van der Waals surface area contributed by atoms with Crippen LogP contribution in [0.25, 0.3) is 0 Å². The molecule has 2 aromatic rings. The lowest BCUT2D eigenvalue weighted by atomic mass is 10.2. The molecule has 2 rings (SSSR count). The molecule has 0 heterocycles. The summed E-state index contributed by atoms with van der Waals surface area (Å²) in [5.74, 6) is 6.60. The highest BCUT2D eigenvalue weighted by atomic mass is 32.2. The standard InChI is InChI=1S/C20H21NO3S/c1-4-14-21(25(22,23)20-12-10-17(2)11-13-20)15-6-8-18-7-5-9-19(16-18)24-3/h4-5,7,9-13,16H,1,14-15H2,2-3H3. The van der Waals surface area contributed by atoms with Gasteiger partial charge in [-0.3, -0.25) is 0 Å². The molecule has 2 aromatic carbocycles. The average molecular weight is 355 g/mol. The Morgan fingerprint density at radius 1 is 1.20 bits per heavy atom. The number of ether oxygens (including phenoxy) is 1. The van der Waals surface area contributed by atoms with Crippen molar-refractivity contribution in [1.82, 2.24) is 4.31 Å². The predicted molar refractivity (Wildman–Crippen MR) is 100 cm³/mol. The Kier molecular flexibility index (Phi) is 6.40. The smallest absolute Gasteiger partial charge is 0.244 e. The van der Waals surface area contributed by atoms with Crippen LogP contribution in [0.1, 0.15) is 11.1 Å². The van der Waals surface area contributed by atoms with Gasteiger partial charge in [-0.15, -0.1) is 6.58 Å². The van der Waals surface area contributed by atoms with Gasteiger partial charge in [0.25, 0.3) is 0 Å². The van der Waals surface area contributed by atoms with Crippen molar-refractivity contribution in [2.24, 2.45) is 0 Å². The Morgan fingerprint density at radius 3 is 2.56 bits per heavy atom. The first-order chi connectivity index (χ1) is 12.0. The Hall–Kier alpha value is -2.55. The largest absolute Gasteiger partial charge is 0.497 e. The maximum atomic E-state index is 12.8. The summed E-state index contributed by atoms with van der Waals surface area (Å²) in [7, 11) is -2.02. The molecular weight excluding hydrogens is 334 g/mol. The summed E-state index contributed by atoms with van der Waals surface area (Å²) in [6, 6.07) is 14.1. The Balaban J connectivity index is 2.22. The van der Waals surface area contributed by atoms with Crippen molar-refractivity contribution in [3.63, 3.8) is 0 Å². The van der Waals surface area contributed by atoms with E-state index in [-0.39, 0.29) is 18.0 Å². The zero-order chi connectivity index (χ0) is 18.3. The topological polar surface area (TPSA) is 46.6 Å². The van der Waals surface area contributed by atoms with Crippen LogP contribution < -0.4 is 4.74 Å². The molecule has 0 spiro atoms. The van der Waals surface area contributed by atoms with Gasteiger partial charge in [0.05, 0.1) is 18.6 Å². The summed E-state index contributed by atoms with van der Waals surface area (Å²) < 4.78 is 32.0. The molecule has 0 amide bonds. The SMILES string of the molecule is C=CCN(CC#Cc1cccc(OC)c1)S(=O)(=O)c1ccc(C)cc1. The van der Waals surface area contributed by atoms with Crippen molar-refractivity contribution in [2.75, 3.05) is 20.2 Å². The molecule has 130 valence electrons. The van der Waals surface area contributed by atoms with Crippen molar-refractivity contribution >= 4 is 10.0 Å². The van der Waals surface area contributed by atoms with Gasteiger partial charge in [-0.1, -0.05) is 41.7 Å². The van der Waals surface area contributed by atoms with Gasteiger partial charge in [-0.2, -0.15) is 4.31 Å². The monoisotopic (exact) mass is 355 g/mol. The van der Waals surface area contributed by atoms with Crippen molar-refractivity contribution in [3.8, 4) is 17.6 Å². The third kappa shape index (κ3) is 4.96. The minimum atomic E-state index is -3.61. The number of methoxy groups -OCH3 is 1. The summed E-state index contributed by atoms with van der Waals surface area (Å²) in [6.45, 7) is 5.83. The fourth-order valence-corrected chi connectivity index (χ4v) is 3.50. The molecule has 5 heteroatoms. The Morgan fingerprint density at radius 2 is 1.92 bits per heavy atom. The average Bonchev–Trinajstić information content (AvgIpc) is 2.61. The van der Waals surface area contributed by atoms with E-state index in [4.69, 9.17) is 4.74 Å². The highest BCUT2D eigenvalue weighted by molar-refractivity contribution is 7.89. The predicted octanol–water partition coefficient (Wildman–Crippen LogP) is 3.23. The first kappa shape index (κ1) is 18.8. The second-order valence-electron chi connectivity index (χ2n) is 5.43. The van der Waals surface area contributed by atoms with Crippen LogP contribution in [0.5, 0.6) is 5.75 Å². The van der Waals surface area contributed by atoms with Crippen LogP contribution >= 0.6 is 0 Å². The van der Waals surface area contributed by atoms with Crippen LogP contribution in [0.3, 0.4) is 0 Å². The van der Waals surface area contributed by atoms with E-state index in [1.165, 1.54) is 4.31 Å². The number of nitrogens with zero attached hydrogens (tertiary/aromatic N) is 1. The molecule has 0 fully saturated rings. The van der Waals surface area contributed by atoms with Crippen molar-refractivity contribution in [3.05, 3.63) is 72.3 Å². The third-order valence-electron chi connectivity index (χ3n) is 3.55. The lowest BCUT2D eigenvalue weighted by Gasteiger charge is -2.18. The highest BCUT2D eigenvalue weighted by Crippen LogP contribution is 2.16. The van der Waals surface area contributed by atoms with Gasteiger partial charge in [-0.05, 0) is 37.3 Å². The van der Waals surface area contributed by atoms with Gasteiger partial charge < -0.3 is 4.74 Å². The van der Waals surface area contributed by atoms with E-state index >= 15 is 0 Å². The summed E-state index contributed by atoms with van der Waals surface area (Å²) in [6.07, 6.45) is 1.55. The van der Waals surface area contributed by atoms with E-state index < -0.39 is 10.0 Å². The number of sulfonamides is 1. The number of rotatable bonds is 6. The minimum Gasteiger partial charge on any atom is -0.497 e. The fourth-order valence-electron chi connectivity index (χ4n) is 2.18. The van der Waals surface area contributed by atoms with E-state index in [1.807, 2.05) is 25.1 Å². The Bertz CT molecular complexity index is 891. The van der Waals surface area contributed by atoms with Crippen LogP contribution in [0.4, 0.5) is 0 Å². The molecule has 25 heavy (non-hydrogen) atoms. The molecule has 0 saturated carbocycles. The molecule has 4 nitrogen and oxygen atoms in total. The normalized spacial score (nSPS) is 10.8. The zero-order valence-electron chi connectivity index (χ0n) is 14.4. The summed E-state index contributed by atoms with van der Waals surface area (Å²) in [5, 5.41) is 0. The van der Waals surface area contributed by atoms with Gasteiger partial charge in [0.15, 0.2) is 0 Å². The van der Waals surface area contributed by atoms with Crippen LogP contribution in [-0.2, 0) is 10.0 Å². The zero-order valence-corrected chi connectivity index (χ0v) is 15.2. The molecule has 0 aliphatic carbocycles. The van der Waals surface area contributed by atoms with Crippen LogP contribution in [-0.4, -0.2) is 32.9 Å². The quantitative estimate of drug-likeness (QED) is 0.590. The van der Waals surface area contributed by atoms with Gasteiger partial charge >= 0.3 is 0 Å². The van der Waals surface area contributed by atoms with Crippen LogP contribution in [0.15, 0.2) is 66.1 Å². The second kappa shape index (κ2) is 8.52. The molecule has 0 radical (unpaired) electrons. The maximum Gasteiger partial charge on any atom is 0.244 e. The highest BCUT2D eigenvalue weighted by Gasteiger charge is 2.22. The van der Waals surface area contributed by atoms with Crippen molar-refractivity contribution in [2.45, 2.75) is 11.8 Å². The van der Waals surface area contributed by atoms with Crippen molar-refractivity contribution < 1.29 is 13.2 Å². The molecular formula is C20H21NO3S. The van der Waals surface area contributed by atoms with Gasteiger partial charge in [0.1, 0.15) is 5.75 Å². The van der Waals surface area contributed by atoms with Gasteiger partial charge in [-0.25, -0.2) is 8.42 Å². The molecule has 0 aliphatic heterocycles. The molecule has 0 N–H and O–H groups in total. The molecule has 0 aliphatic rings. The Labute approximate surface area is 149 Å². The lowest BCUT2D eigenvalue weighted by molar-refractivity contribution is 0.414. The second-order valence-corrected chi connectivity index (χ2v) is 7.37. The van der Waals surface area contributed by atoms with E-state index in [0.717, 1.165) is 11.1 Å². The number of hydrogen-bond donors (Lipinski definition) is 0. The third-order valence-corrected chi connectivity index (χ3v) is 5.38. The molecule has 0 aromatic heterocycles. The fraction of sp³-hybridized carbons (Fsp3) is 0.200. The first-order valence-electron chi connectivity index (χ1n) is 7.78. The van der Waals surface area contributed by atoms with Gasteiger partial charge in [0.2, 0.25) is 10.0 Å². The summed E-state index contributed by atoms with van der Waals surface area (Å²) in [5.41, 5.74) is 1.78. The van der Waals surface area contributed by atoms with E-state index in [0.29, 0.717) is 5.75 Å². The van der Waals surface area contributed by atoms with E-state index in [1.54, 1.807) is 43.5 Å². The first-order valence-corrected chi connectivity index (χ1v) is 9.22. The van der Waals surface area contributed by atoms with Crippen LogP contribution in [0.2, 0.25) is 0 Å². The lowest BCUT2D eigenvalue weighted by Crippen LogP contribution is -2.31. The van der Waals surface area contributed by atoms with E-state index in [9.17, 15) is 8.42 Å². The molecule has 0 atom stereocenters.